The molecular weight excluding hydrogens is 208 g/mol. The van der Waals surface area contributed by atoms with Gasteiger partial charge in [-0.2, -0.15) is 0 Å². The van der Waals surface area contributed by atoms with Gasteiger partial charge in [-0.1, -0.05) is 50.6 Å². The van der Waals surface area contributed by atoms with Crippen molar-refractivity contribution in [3.8, 4) is 0 Å². The summed E-state index contributed by atoms with van der Waals surface area (Å²) in [6, 6.07) is 7.68. The molecule has 82 valence electrons. The number of carbonyl (C=O) groups excluding carboxylic acids is 1. The third kappa shape index (κ3) is 3.67. The number of carbonyl (C=O) groups is 1. The second kappa shape index (κ2) is 4.80. The van der Waals surface area contributed by atoms with Crippen molar-refractivity contribution in [2.75, 3.05) is 0 Å². The molecule has 1 nitrogen and oxygen atoms in total. The molecule has 2 heteroatoms. The van der Waals surface area contributed by atoms with Gasteiger partial charge in [0.1, 0.15) is 5.78 Å². The van der Waals surface area contributed by atoms with Crippen molar-refractivity contribution in [2.45, 2.75) is 33.6 Å². The van der Waals surface area contributed by atoms with Crippen LogP contribution in [0.1, 0.15) is 32.8 Å². The van der Waals surface area contributed by atoms with Crippen molar-refractivity contribution in [3.63, 3.8) is 0 Å². The fourth-order valence-corrected chi connectivity index (χ4v) is 1.55. The zero-order valence-corrected chi connectivity index (χ0v) is 10.3. The Morgan fingerprint density at radius 2 is 1.87 bits per heavy atom. The van der Waals surface area contributed by atoms with Crippen LogP contribution in [-0.4, -0.2) is 5.78 Å². The summed E-state index contributed by atoms with van der Waals surface area (Å²) in [5.41, 5.74) is 0.804. The maximum absolute atomic E-state index is 11.7. The molecule has 0 amide bonds. The normalized spacial score (nSPS) is 11.5. The predicted octanol–water partition coefficient (Wildman–Crippen LogP) is 3.89. The Kier molecular flexibility index (Phi) is 3.92. The highest BCUT2D eigenvalue weighted by atomic mass is 35.5. The number of Topliss-reactive ketones (excluding diaryl/α,β-unsaturated/α-hetero) is 1. The molecule has 0 aromatic heterocycles. The number of rotatable bonds is 3. The summed E-state index contributed by atoms with van der Waals surface area (Å²) < 4.78 is 0. The number of hydrogen-bond acceptors (Lipinski definition) is 1. The first kappa shape index (κ1) is 12.3. The van der Waals surface area contributed by atoms with Gasteiger partial charge in [-0.15, -0.1) is 0 Å². The molecule has 0 radical (unpaired) electrons. The van der Waals surface area contributed by atoms with E-state index in [1.54, 1.807) is 0 Å². The summed E-state index contributed by atoms with van der Waals surface area (Å²) in [7, 11) is 0. The summed E-state index contributed by atoms with van der Waals surface area (Å²) in [4.78, 5) is 11.7. The molecule has 0 aliphatic rings. The Hall–Kier alpha value is -0.820. The maximum Gasteiger partial charge on any atom is 0.138 e. The van der Waals surface area contributed by atoms with E-state index in [2.05, 4.69) is 0 Å². The summed E-state index contributed by atoms with van der Waals surface area (Å²) >= 11 is 6.01. The fraction of sp³-hybridized carbons (Fsp3) is 0.462. The highest BCUT2D eigenvalue weighted by Gasteiger charge is 2.20. The van der Waals surface area contributed by atoms with Crippen molar-refractivity contribution >= 4 is 17.4 Å². The molecule has 0 heterocycles. The zero-order chi connectivity index (χ0) is 11.5. The van der Waals surface area contributed by atoms with Gasteiger partial charge in [0.05, 0.1) is 0 Å². The van der Waals surface area contributed by atoms with Gasteiger partial charge in [0.15, 0.2) is 0 Å². The first-order chi connectivity index (χ1) is 6.91. The average molecular weight is 225 g/mol. The summed E-state index contributed by atoms with van der Waals surface area (Å²) in [6.07, 6.45) is 1.29. The van der Waals surface area contributed by atoms with Gasteiger partial charge in [0, 0.05) is 16.9 Å². The second-order valence-electron chi connectivity index (χ2n) is 4.76. The van der Waals surface area contributed by atoms with E-state index >= 15 is 0 Å². The molecule has 15 heavy (non-hydrogen) atoms. The fourth-order valence-electron chi connectivity index (χ4n) is 1.32. The Morgan fingerprint density at radius 1 is 1.27 bits per heavy atom. The standard InChI is InChI=1S/C13H17ClO/c1-13(2,3)12(15)9-8-10-6-4-5-7-11(10)14/h4-7H,8-9H2,1-3H3. The Morgan fingerprint density at radius 3 is 2.40 bits per heavy atom. The first-order valence-corrected chi connectivity index (χ1v) is 5.56. The van der Waals surface area contributed by atoms with Crippen molar-refractivity contribution in [2.24, 2.45) is 5.41 Å². The number of halogens is 1. The van der Waals surface area contributed by atoms with Crippen molar-refractivity contribution in [3.05, 3.63) is 34.9 Å². The Labute approximate surface area is 96.5 Å². The minimum atomic E-state index is -0.249. The van der Waals surface area contributed by atoms with E-state index in [4.69, 9.17) is 11.6 Å². The molecule has 1 aromatic rings. The van der Waals surface area contributed by atoms with Gasteiger partial charge in [-0.3, -0.25) is 4.79 Å². The lowest BCUT2D eigenvalue weighted by Crippen LogP contribution is -2.20. The van der Waals surface area contributed by atoms with E-state index in [0.717, 1.165) is 17.0 Å². The summed E-state index contributed by atoms with van der Waals surface area (Å²) in [5.74, 6) is 0.280. The molecule has 0 bridgehead atoms. The minimum absolute atomic E-state index is 0.249. The van der Waals surface area contributed by atoms with E-state index in [1.165, 1.54) is 0 Å². The van der Waals surface area contributed by atoms with Crippen LogP contribution in [0.4, 0.5) is 0 Å². The molecule has 1 rings (SSSR count). The van der Waals surface area contributed by atoms with E-state index in [0.29, 0.717) is 6.42 Å². The molecule has 0 saturated heterocycles. The molecule has 0 atom stereocenters. The molecule has 0 N–H and O–H groups in total. The quantitative estimate of drug-likeness (QED) is 0.762. The molecule has 0 aliphatic heterocycles. The van der Waals surface area contributed by atoms with Crippen molar-refractivity contribution in [1.29, 1.82) is 0 Å². The smallest absolute Gasteiger partial charge is 0.138 e. The Bertz CT molecular complexity index is 350. The molecule has 1 aromatic carbocycles. The molecule has 0 aliphatic carbocycles. The van der Waals surface area contributed by atoms with Gasteiger partial charge < -0.3 is 0 Å². The van der Waals surface area contributed by atoms with Crippen LogP contribution in [-0.2, 0) is 11.2 Å². The number of ketones is 1. The molecule has 0 saturated carbocycles. The lowest BCUT2D eigenvalue weighted by Gasteiger charge is -2.16. The number of hydrogen-bond donors (Lipinski definition) is 0. The van der Waals surface area contributed by atoms with Crippen molar-refractivity contribution in [1.82, 2.24) is 0 Å². The first-order valence-electron chi connectivity index (χ1n) is 5.18. The number of benzene rings is 1. The van der Waals surface area contributed by atoms with Crippen LogP contribution in [0.3, 0.4) is 0 Å². The second-order valence-corrected chi connectivity index (χ2v) is 5.17. The summed E-state index contributed by atoms with van der Waals surface area (Å²) in [6.45, 7) is 5.84. The van der Waals surface area contributed by atoms with E-state index in [1.807, 2.05) is 45.0 Å². The van der Waals surface area contributed by atoms with Crippen LogP contribution >= 0.6 is 11.6 Å². The van der Waals surface area contributed by atoms with Crippen LogP contribution in [0, 0.1) is 5.41 Å². The van der Waals surface area contributed by atoms with Gasteiger partial charge in [0.2, 0.25) is 0 Å². The van der Waals surface area contributed by atoms with Gasteiger partial charge >= 0.3 is 0 Å². The van der Waals surface area contributed by atoms with Crippen LogP contribution in [0.2, 0.25) is 5.02 Å². The van der Waals surface area contributed by atoms with Crippen molar-refractivity contribution < 1.29 is 4.79 Å². The van der Waals surface area contributed by atoms with Gasteiger partial charge in [-0.05, 0) is 18.1 Å². The van der Waals surface area contributed by atoms with Gasteiger partial charge in [0.25, 0.3) is 0 Å². The SMILES string of the molecule is CC(C)(C)C(=O)CCc1ccccc1Cl. The van der Waals surface area contributed by atoms with E-state index < -0.39 is 0 Å². The van der Waals surface area contributed by atoms with E-state index in [-0.39, 0.29) is 11.2 Å². The highest BCUT2D eigenvalue weighted by molar-refractivity contribution is 6.31. The minimum Gasteiger partial charge on any atom is -0.299 e. The van der Waals surface area contributed by atoms with Crippen LogP contribution < -0.4 is 0 Å². The highest BCUT2D eigenvalue weighted by Crippen LogP contribution is 2.21. The zero-order valence-electron chi connectivity index (χ0n) is 9.51. The van der Waals surface area contributed by atoms with Gasteiger partial charge in [-0.25, -0.2) is 0 Å². The van der Waals surface area contributed by atoms with Crippen LogP contribution in [0.5, 0.6) is 0 Å². The Balaban J connectivity index is 2.59. The summed E-state index contributed by atoms with van der Waals surface area (Å²) in [5, 5.41) is 0.749. The third-order valence-electron chi connectivity index (χ3n) is 2.42. The lowest BCUT2D eigenvalue weighted by atomic mass is 9.87. The molecule has 0 spiro atoms. The topological polar surface area (TPSA) is 17.1 Å². The third-order valence-corrected chi connectivity index (χ3v) is 2.78. The maximum atomic E-state index is 11.7. The van der Waals surface area contributed by atoms with Crippen LogP contribution in [0.15, 0.2) is 24.3 Å². The lowest BCUT2D eigenvalue weighted by molar-refractivity contribution is -0.126. The number of aryl methyl sites for hydroxylation is 1. The predicted molar refractivity (Wildman–Crippen MR) is 64.2 cm³/mol. The molecular formula is C13H17ClO. The largest absolute Gasteiger partial charge is 0.299 e. The molecule has 0 unspecified atom stereocenters. The van der Waals surface area contributed by atoms with E-state index in [9.17, 15) is 4.79 Å². The monoisotopic (exact) mass is 224 g/mol. The van der Waals surface area contributed by atoms with Crippen LogP contribution in [0.25, 0.3) is 0 Å². The molecule has 0 fully saturated rings. The average Bonchev–Trinajstić information content (AvgIpc) is 2.14.